The molecule has 0 aliphatic heterocycles. The molecule has 44 heavy (non-hydrogen) atoms. The van der Waals surface area contributed by atoms with Gasteiger partial charge in [-0.1, -0.05) is 30.3 Å². The first-order valence-electron chi connectivity index (χ1n) is 15.3. The summed E-state index contributed by atoms with van der Waals surface area (Å²) in [5.41, 5.74) is -0.197. The molecule has 0 fully saturated rings. The molecule has 0 heterocycles. The zero-order valence-electron chi connectivity index (χ0n) is 28.0. The lowest BCUT2D eigenvalue weighted by Crippen LogP contribution is -2.45. The molecule has 0 radical (unpaired) electrons. The highest BCUT2D eigenvalue weighted by molar-refractivity contribution is 5.88. The number of likely N-dealkylation sites (N-methyl/N-ethyl adjacent to an activating group) is 1. The summed E-state index contributed by atoms with van der Waals surface area (Å²) < 4.78 is 43.8. The Morgan fingerprint density at radius 3 is 1.25 bits per heavy atom. The van der Waals surface area contributed by atoms with Crippen molar-refractivity contribution in [2.75, 3.05) is 99.4 Å². The van der Waals surface area contributed by atoms with E-state index in [-0.39, 0.29) is 13.2 Å². The Kier molecular flexibility index (Phi) is 20.8. The molecule has 0 bridgehead atoms. The van der Waals surface area contributed by atoms with Crippen LogP contribution in [-0.2, 0) is 44.4 Å². The molecule has 0 saturated carbocycles. The molecule has 0 saturated heterocycles. The Morgan fingerprint density at radius 1 is 0.545 bits per heavy atom. The minimum Gasteiger partial charge on any atom is -0.443 e. The number of amides is 2. The Balaban J connectivity index is 1.92. The maximum atomic E-state index is 12.5. The van der Waals surface area contributed by atoms with Crippen molar-refractivity contribution < 1.29 is 47.5 Å². The van der Waals surface area contributed by atoms with Crippen LogP contribution < -0.4 is 0 Å². The normalized spacial score (nSPS) is 12.0. The molecular formula is C32H56N2O10. The number of rotatable bonds is 23. The van der Waals surface area contributed by atoms with Crippen molar-refractivity contribution in [2.24, 2.45) is 0 Å². The molecule has 1 rings (SSSR count). The summed E-state index contributed by atoms with van der Waals surface area (Å²) in [6.07, 6.45) is -1.56. The van der Waals surface area contributed by atoms with Gasteiger partial charge in [0.25, 0.3) is 0 Å². The molecule has 0 atom stereocenters. The van der Waals surface area contributed by atoms with E-state index in [2.05, 4.69) is 36.2 Å². The monoisotopic (exact) mass is 628 g/mol. The zero-order valence-corrected chi connectivity index (χ0v) is 28.0. The van der Waals surface area contributed by atoms with Crippen LogP contribution in [0.15, 0.2) is 30.3 Å². The van der Waals surface area contributed by atoms with Gasteiger partial charge in [0.1, 0.15) is 11.2 Å². The summed E-state index contributed by atoms with van der Waals surface area (Å²) in [7, 11) is 2.08. The van der Waals surface area contributed by atoms with Gasteiger partial charge in [-0.25, -0.2) is 14.5 Å². The van der Waals surface area contributed by atoms with Crippen molar-refractivity contribution in [3.63, 3.8) is 0 Å². The van der Waals surface area contributed by atoms with E-state index >= 15 is 0 Å². The molecule has 0 aromatic heterocycles. The van der Waals surface area contributed by atoms with E-state index in [1.165, 1.54) is 5.56 Å². The fraction of sp³-hybridized carbons (Fsp3) is 0.750. The lowest BCUT2D eigenvalue weighted by molar-refractivity contribution is -0.0207. The third-order valence-electron chi connectivity index (χ3n) is 5.46. The van der Waals surface area contributed by atoms with Crippen LogP contribution in [0.3, 0.4) is 0 Å². The number of imide groups is 1. The third-order valence-corrected chi connectivity index (χ3v) is 5.46. The molecule has 0 unspecified atom stereocenters. The van der Waals surface area contributed by atoms with Crippen LogP contribution in [0.25, 0.3) is 0 Å². The molecular weight excluding hydrogens is 572 g/mol. The average Bonchev–Trinajstić information content (AvgIpc) is 2.92. The lowest BCUT2D eigenvalue weighted by atomic mass is 10.2. The summed E-state index contributed by atoms with van der Waals surface area (Å²) in [5.74, 6) is 0. The topological polar surface area (TPSA) is 114 Å². The Hall–Kier alpha value is -2.32. The Labute approximate surface area is 264 Å². The largest absolute Gasteiger partial charge is 0.443 e. The van der Waals surface area contributed by atoms with Crippen LogP contribution in [0.2, 0.25) is 0 Å². The minimum atomic E-state index is -0.778. The van der Waals surface area contributed by atoms with Crippen LogP contribution in [-0.4, -0.2) is 133 Å². The fourth-order valence-electron chi connectivity index (χ4n) is 3.44. The van der Waals surface area contributed by atoms with E-state index in [4.69, 9.17) is 37.9 Å². The number of ether oxygens (including phenoxy) is 8. The number of carbonyl (C=O) groups excluding carboxylic acids is 2. The van der Waals surface area contributed by atoms with Gasteiger partial charge in [0.15, 0.2) is 0 Å². The SMILES string of the molecule is CN(CCOCCOCCOCCOCCOCCOCCN(C(=O)OC(C)(C)C)C(=O)OC(C)(C)C)Cc1ccccc1. The van der Waals surface area contributed by atoms with Crippen LogP contribution >= 0.6 is 0 Å². The van der Waals surface area contributed by atoms with Crippen molar-refractivity contribution in [3.05, 3.63) is 35.9 Å². The quantitative estimate of drug-likeness (QED) is 0.161. The van der Waals surface area contributed by atoms with Crippen molar-refractivity contribution in [1.29, 1.82) is 0 Å². The molecule has 0 aliphatic carbocycles. The highest BCUT2D eigenvalue weighted by Gasteiger charge is 2.30. The number of hydrogen-bond acceptors (Lipinski definition) is 11. The predicted molar refractivity (Wildman–Crippen MR) is 167 cm³/mol. The van der Waals surface area contributed by atoms with Gasteiger partial charge in [-0.2, -0.15) is 0 Å². The number of benzene rings is 1. The van der Waals surface area contributed by atoms with Gasteiger partial charge in [0.05, 0.1) is 85.8 Å². The molecule has 1 aromatic carbocycles. The van der Waals surface area contributed by atoms with Gasteiger partial charge in [-0.15, -0.1) is 0 Å². The first-order chi connectivity index (χ1) is 20.9. The second-order valence-corrected chi connectivity index (χ2v) is 12.0. The summed E-state index contributed by atoms with van der Waals surface area (Å²) >= 11 is 0. The number of carbonyl (C=O) groups is 2. The van der Waals surface area contributed by atoms with Gasteiger partial charge in [-0.3, -0.25) is 4.90 Å². The van der Waals surface area contributed by atoms with E-state index in [0.717, 1.165) is 18.0 Å². The minimum absolute atomic E-state index is 0.000848. The molecule has 0 N–H and O–H groups in total. The van der Waals surface area contributed by atoms with E-state index in [9.17, 15) is 9.59 Å². The lowest BCUT2D eigenvalue weighted by Gasteiger charge is -2.28. The highest BCUT2D eigenvalue weighted by atomic mass is 16.6. The first kappa shape index (κ1) is 39.7. The molecule has 12 heteroatoms. The van der Waals surface area contributed by atoms with Gasteiger partial charge >= 0.3 is 12.2 Å². The van der Waals surface area contributed by atoms with Crippen LogP contribution in [0.5, 0.6) is 0 Å². The zero-order chi connectivity index (χ0) is 32.7. The predicted octanol–water partition coefficient (Wildman–Crippen LogP) is 4.39. The summed E-state index contributed by atoms with van der Waals surface area (Å²) in [4.78, 5) is 28.0. The van der Waals surface area contributed by atoms with Crippen molar-refractivity contribution in [1.82, 2.24) is 9.80 Å². The van der Waals surface area contributed by atoms with E-state index in [1.807, 2.05) is 6.07 Å². The van der Waals surface area contributed by atoms with Gasteiger partial charge < -0.3 is 37.9 Å². The molecule has 2 amide bonds. The first-order valence-corrected chi connectivity index (χ1v) is 15.3. The van der Waals surface area contributed by atoms with Crippen molar-refractivity contribution >= 4 is 12.2 Å². The number of hydrogen-bond donors (Lipinski definition) is 0. The van der Waals surface area contributed by atoms with Crippen molar-refractivity contribution in [3.8, 4) is 0 Å². The highest BCUT2D eigenvalue weighted by Crippen LogP contribution is 2.14. The van der Waals surface area contributed by atoms with Crippen LogP contribution in [0.1, 0.15) is 47.1 Å². The van der Waals surface area contributed by atoms with Crippen molar-refractivity contribution in [2.45, 2.75) is 59.3 Å². The van der Waals surface area contributed by atoms with Gasteiger partial charge in [0.2, 0.25) is 0 Å². The maximum absolute atomic E-state index is 12.5. The smallest absolute Gasteiger partial charge is 0.419 e. The number of nitrogens with zero attached hydrogens (tertiary/aromatic N) is 2. The summed E-state index contributed by atoms with van der Waals surface area (Å²) in [6.45, 7) is 17.5. The standard InChI is InChI=1S/C32H56N2O10/c1-31(2,3)43-29(35)34(30(36)44-32(4,5)6)14-16-38-18-20-40-22-24-42-26-25-41-23-21-39-19-17-37-15-13-33(7)27-28-11-9-8-10-12-28/h8-12H,13-27H2,1-7H3. The molecule has 0 spiro atoms. The van der Waals surface area contributed by atoms with Crippen LogP contribution in [0.4, 0.5) is 9.59 Å². The van der Waals surface area contributed by atoms with E-state index < -0.39 is 23.4 Å². The molecule has 0 aliphatic rings. The van der Waals surface area contributed by atoms with E-state index in [1.54, 1.807) is 41.5 Å². The molecule has 1 aromatic rings. The molecule has 254 valence electrons. The second kappa shape index (κ2) is 23.1. The fourth-order valence-corrected chi connectivity index (χ4v) is 3.44. The summed E-state index contributed by atoms with van der Waals surface area (Å²) in [5, 5.41) is 0. The Bertz CT molecular complexity index is 846. The van der Waals surface area contributed by atoms with Gasteiger partial charge in [0, 0.05) is 13.1 Å². The van der Waals surface area contributed by atoms with Crippen LogP contribution in [0, 0.1) is 0 Å². The van der Waals surface area contributed by atoms with Gasteiger partial charge in [-0.05, 0) is 54.2 Å². The van der Waals surface area contributed by atoms with E-state index in [0.29, 0.717) is 72.7 Å². The average molecular weight is 629 g/mol. The third kappa shape index (κ3) is 23.1. The second-order valence-electron chi connectivity index (χ2n) is 12.0. The Morgan fingerprint density at radius 2 is 0.886 bits per heavy atom. The summed E-state index contributed by atoms with van der Waals surface area (Å²) in [6, 6.07) is 10.4. The maximum Gasteiger partial charge on any atom is 0.419 e. The molecule has 12 nitrogen and oxygen atoms in total.